The number of hydrogen-bond donors (Lipinski definition) is 0. The molecule has 0 N–H and O–H groups in total. The largest absolute Gasteiger partial charge is 0.455 e. The van der Waals surface area contributed by atoms with Crippen LogP contribution >= 0.6 is 0 Å². The first-order valence-electron chi connectivity index (χ1n) is 7.92. The monoisotopic (exact) mass is 390 g/mol. The number of carbonyl (C=O) groups is 2. The van der Waals surface area contributed by atoms with Gasteiger partial charge in [-0.25, -0.2) is 9.59 Å². The topological polar surface area (TPSA) is 65.7 Å². The van der Waals surface area contributed by atoms with E-state index in [0.717, 1.165) is 18.2 Å². The number of hydrogen-bond acceptors (Lipinski definition) is 5. The van der Waals surface area contributed by atoms with Crippen LogP contribution in [0.3, 0.4) is 0 Å². The number of alkyl halides is 3. The Morgan fingerprint density at radius 3 is 1.96 bits per heavy atom. The maximum Gasteiger partial charge on any atom is 0.423 e. The highest BCUT2D eigenvalue weighted by Crippen LogP contribution is 2.45. The minimum atomic E-state index is -4.85. The molecule has 0 saturated heterocycles. The van der Waals surface area contributed by atoms with Gasteiger partial charge in [-0.3, -0.25) is 0 Å². The molecule has 0 saturated carbocycles. The van der Waals surface area contributed by atoms with Gasteiger partial charge in [-0.1, -0.05) is 13.2 Å². The van der Waals surface area contributed by atoms with Crippen LogP contribution in [0.2, 0.25) is 0 Å². The van der Waals surface area contributed by atoms with Gasteiger partial charge >= 0.3 is 18.1 Å². The fraction of sp³-hybridized carbons (Fsp3) is 0.100. The van der Waals surface area contributed by atoms with Crippen LogP contribution in [0.5, 0.6) is 11.5 Å². The van der Waals surface area contributed by atoms with E-state index in [-0.39, 0.29) is 16.7 Å². The summed E-state index contributed by atoms with van der Waals surface area (Å²) in [5, 5.41) is 0.559. The number of ether oxygens (including phenoxy) is 2. The van der Waals surface area contributed by atoms with Crippen LogP contribution in [-0.4, -0.2) is 11.9 Å². The van der Waals surface area contributed by atoms with Gasteiger partial charge in [0.15, 0.2) is 5.58 Å². The van der Waals surface area contributed by atoms with E-state index in [4.69, 9.17) is 13.9 Å². The molecular weight excluding hydrogens is 377 g/mol. The highest BCUT2D eigenvalue weighted by Gasteiger charge is 2.39. The lowest BCUT2D eigenvalue weighted by Crippen LogP contribution is -2.12. The summed E-state index contributed by atoms with van der Waals surface area (Å²) in [5.41, 5.74) is -1.27. The third-order valence-corrected chi connectivity index (χ3v) is 4.01. The molecule has 0 radical (unpaired) electrons. The third-order valence-electron chi connectivity index (χ3n) is 4.01. The minimum Gasteiger partial charge on any atom is -0.455 e. The van der Waals surface area contributed by atoms with E-state index in [9.17, 15) is 22.8 Å². The second kappa shape index (κ2) is 6.88. The first-order chi connectivity index (χ1) is 13.2. The first kappa shape index (κ1) is 19.2. The zero-order valence-electron chi connectivity index (χ0n) is 14.6. The molecule has 28 heavy (non-hydrogen) atoms. The lowest BCUT2D eigenvalue weighted by molar-refractivity contribution is -0.140. The summed E-state index contributed by atoms with van der Waals surface area (Å²) in [4.78, 5) is 22.8. The van der Waals surface area contributed by atoms with Crippen LogP contribution in [0.4, 0.5) is 13.2 Å². The van der Waals surface area contributed by atoms with E-state index in [2.05, 4.69) is 13.2 Å². The highest BCUT2D eigenvalue weighted by atomic mass is 19.4. The smallest absolute Gasteiger partial charge is 0.423 e. The van der Waals surface area contributed by atoms with E-state index < -0.39 is 35.0 Å². The molecule has 0 aliphatic rings. The Kier molecular flexibility index (Phi) is 4.72. The van der Waals surface area contributed by atoms with E-state index in [0.29, 0.717) is 10.9 Å². The van der Waals surface area contributed by atoms with Crippen molar-refractivity contribution < 1.29 is 36.7 Å². The summed E-state index contributed by atoms with van der Waals surface area (Å²) in [5.74, 6) is -2.31. The Balaban J connectivity index is 2.30. The van der Waals surface area contributed by atoms with Gasteiger partial charge in [-0.05, 0) is 31.2 Å². The Morgan fingerprint density at radius 2 is 1.43 bits per heavy atom. The van der Waals surface area contributed by atoms with Gasteiger partial charge in [0.2, 0.25) is 0 Å². The molecule has 0 aliphatic carbocycles. The maximum absolute atomic E-state index is 13.7. The minimum absolute atomic E-state index is 0.113. The highest BCUT2D eigenvalue weighted by molar-refractivity contribution is 6.08. The van der Waals surface area contributed by atoms with Crippen molar-refractivity contribution in [2.75, 3.05) is 0 Å². The molecule has 0 amide bonds. The number of fused-ring (bicyclic) bond motifs is 3. The normalized spacial score (nSPS) is 11.4. The van der Waals surface area contributed by atoms with Crippen molar-refractivity contribution in [1.29, 1.82) is 0 Å². The SMILES string of the molecule is C=CC(=O)Oc1ccc2c(oc3c(C(F)(F)F)c(OC(=O)C=C)ccc32)c1C. The molecule has 0 atom stereocenters. The van der Waals surface area contributed by atoms with Crippen molar-refractivity contribution in [2.24, 2.45) is 0 Å². The zero-order chi connectivity index (χ0) is 20.6. The number of furan rings is 1. The second-order valence-corrected chi connectivity index (χ2v) is 5.73. The molecule has 144 valence electrons. The molecule has 2 aromatic carbocycles. The lowest BCUT2D eigenvalue weighted by atomic mass is 10.1. The third kappa shape index (κ3) is 3.24. The van der Waals surface area contributed by atoms with Gasteiger partial charge in [0.1, 0.15) is 22.6 Å². The quantitative estimate of drug-likeness (QED) is 0.352. The van der Waals surface area contributed by atoms with Crippen molar-refractivity contribution in [1.82, 2.24) is 0 Å². The van der Waals surface area contributed by atoms with E-state index in [1.54, 1.807) is 6.92 Å². The molecule has 1 heterocycles. The van der Waals surface area contributed by atoms with Gasteiger partial charge in [-0.15, -0.1) is 0 Å². The van der Waals surface area contributed by atoms with Crippen LogP contribution in [0, 0.1) is 6.92 Å². The number of aryl methyl sites for hydroxylation is 1. The molecule has 8 heteroatoms. The van der Waals surface area contributed by atoms with Gasteiger partial charge in [0, 0.05) is 28.5 Å². The van der Waals surface area contributed by atoms with E-state index >= 15 is 0 Å². The summed E-state index contributed by atoms with van der Waals surface area (Å²) in [6, 6.07) is 5.34. The average Bonchev–Trinajstić information content (AvgIpc) is 3.01. The van der Waals surface area contributed by atoms with E-state index in [1.807, 2.05) is 0 Å². The number of rotatable bonds is 4. The molecule has 3 rings (SSSR count). The molecule has 0 unspecified atom stereocenters. The number of halogens is 3. The molecule has 0 bridgehead atoms. The summed E-state index contributed by atoms with van der Waals surface area (Å²) >= 11 is 0. The standard InChI is InChI=1S/C20H13F3O5/c1-4-15(24)26-13-8-6-11-12-7-9-14(27-16(25)5-2)17(20(21,22)23)19(12)28-18(11)10(13)3/h4-9H,1-2H2,3H3. The maximum atomic E-state index is 13.7. The summed E-state index contributed by atoms with van der Waals surface area (Å²) < 4.78 is 56.4. The van der Waals surface area contributed by atoms with Gasteiger partial charge < -0.3 is 13.9 Å². The number of carbonyl (C=O) groups excluding carboxylic acids is 2. The van der Waals surface area contributed by atoms with Crippen LogP contribution in [-0.2, 0) is 15.8 Å². The fourth-order valence-electron chi connectivity index (χ4n) is 2.77. The van der Waals surface area contributed by atoms with Crippen LogP contribution < -0.4 is 9.47 Å². The Hall–Kier alpha value is -3.55. The van der Waals surface area contributed by atoms with Crippen LogP contribution in [0.25, 0.3) is 21.9 Å². The molecular formula is C20H13F3O5. The lowest BCUT2D eigenvalue weighted by Gasteiger charge is -2.12. The Labute approximate surface area is 156 Å². The average molecular weight is 390 g/mol. The van der Waals surface area contributed by atoms with Crippen molar-refractivity contribution in [3.05, 3.63) is 60.7 Å². The summed E-state index contributed by atoms with van der Waals surface area (Å²) in [6.07, 6.45) is -3.13. The van der Waals surface area contributed by atoms with Crippen molar-refractivity contribution in [2.45, 2.75) is 13.1 Å². The second-order valence-electron chi connectivity index (χ2n) is 5.73. The predicted molar refractivity (Wildman–Crippen MR) is 95.1 cm³/mol. The summed E-state index contributed by atoms with van der Waals surface area (Å²) in [6.45, 7) is 8.00. The molecule has 0 spiro atoms. The zero-order valence-corrected chi connectivity index (χ0v) is 14.6. The predicted octanol–water partition coefficient (Wildman–Crippen LogP) is 5.10. The van der Waals surface area contributed by atoms with Crippen molar-refractivity contribution in [3.8, 4) is 11.5 Å². The molecule has 0 fully saturated rings. The van der Waals surface area contributed by atoms with Crippen molar-refractivity contribution in [3.63, 3.8) is 0 Å². The number of benzene rings is 2. The van der Waals surface area contributed by atoms with Crippen LogP contribution in [0.15, 0.2) is 54.0 Å². The number of esters is 2. The molecule has 3 aromatic rings. The van der Waals surface area contributed by atoms with Crippen molar-refractivity contribution >= 4 is 33.9 Å². The Morgan fingerprint density at radius 1 is 0.929 bits per heavy atom. The van der Waals surface area contributed by atoms with Gasteiger partial charge in [-0.2, -0.15) is 13.2 Å². The molecule has 5 nitrogen and oxygen atoms in total. The van der Waals surface area contributed by atoms with E-state index in [1.165, 1.54) is 18.2 Å². The fourth-order valence-corrected chi connectivity index (χ4v) is 2.77. The molecule has 0 aliphatic heterocycles. The Bertz CT molecular complexity index is 1140. The van der Waals surface area contributed by atoms with Gasteiger partial charge in [0.25, 0.3) is 0 Å². The van der Waals surface area contributed by atoms with Gasteiger partial charge in [0.05, 0.1) is 0 Å². The molecule has 1 aromatic heterocycles. The van der Waals surface area contributed by atoms with Crippen LogP contribution in [0.1, 0.15) is 11.1 Å². The summed E-state index contributed by atoms with van der Waals surface area (Å²) in [7, 11) is 0. The first-order valence-corrected chi connectivity index (χ1v) is 7.92.